The molecule has 7 heteroatoms. The minimum Gasteiger partial charge on any atom is -0.502 e. The van der Waals surface area contributed by atoms with E-state index < -0.39 is 17.6 Å². The first kappa shape index (κ1) is 15.1. The van der Waals surface area contributed by atoms with Crippen molar-refractivity contribution in [2.24, 2.45) is 0 Å². The fraction of sp³-hybridized carbons (Fsp3) is 0.125. The van der Waals surface area contributed by atoms with Crippen molar-refractivity contribution in [3.8, 4) is 11.5 Å². The highest BCUT2D eigenvalue weighted by molar-refractivity contribution is 7.11. The largest absolute Gasteiger partial charge is 0.502 e. The fourth-order valence-corrected chi connectivity index (χ4v) is 3.08. The summed E-state index contributed by atoms with van der Waals surface area (Å²) in [5.41, 5.74) is 0.279. The van der Waals surface area contributed by atoms with E-state index in [-0.39, 0.29) is 11.3 Å². The fourth-order valence-electron chi connectivity index (χ4n) is 2.32. The lowest BCUT2D eigenvalue weighted by atomic mass is 10.2. The summed E-state index contributed by atoms with van der Waals surface area (Å²) < 4.78 is 10.3. The molecule has 0 fully saturated rings. The van der Waals surface area contributed by atoms with Crippen LogP contribution >= 0.6 is 11.3 Å². The molecule has 6 nitrogen and oxygen atoms in total. The van der Waals surface area contributed by atoms with Crippen molar-refractivity contribution >= 4 is 34.4 Å². The van der Waals surface area contributed by atoms with Gasteiger partial charge >= 0.3 is 5.91 Å². The van der Waals surface area contributed by atoms with Crippen LogP contribution in [0.3, 0.4) is 0 Å². The zero-order valence-corrected chi connectivity index (χ0v) is 13.2. The van der Waals surface area contributed by atoms with E-state index in [1.165, 1.54) is 37.7 Å². The summed E-state index contributed by atoms with van der Waals surface area (Å²) >= 11 is 1.28. The highest BCUT2D eigenvalue weighted by Gasteiger charge is 2.41. The van der Waals surface area contributed by atoms with Gasteiger partial charge in [-0.3, -0.25) is 9.59 Å². The third-order valence-electron chi connectivity index (χ3n) is 3.42. The highest BCUT2D eigenvalue weighted by Crippen LogP contribution is 2.36. The molecule has 1 N–H and O–H groups in total. The van der Waals surface area contributed by atoms with Gasteiger partial charge in [-0.05, 0) is 11.4 Å². The molecular weight excluding hydrogens is 318 g/mol. The number of imide groups is 1. The molecule has 0 bridgehead atoms. The summed E-state index contributed by atoms with van der Waals surface area (Å²) in [6.45, 7) is 0. The molecule has 2 heterocycles. The zero-order valence-electron chi connectivity index (χ0n) is 12.4. The van der Waals surface area contributed by atoms with Crippen molar-refractivity contribution in [2.75, 3.05) is 19.1 Å². The quantitative estimate of drug-likeness (QED) is 0.872. The molecule has 0 atom stereocenters. The molecule has 0 saturated heterocycles. The Morgan fingerprint density at radius 2 is 1.70 bits per heavy atom. The maximum absolute atomic E-state index is 12.6. The first-order valence-electron chi connectivity index (χ1n) is 6.65. The van der Waals surface area contributed by atoms with Crippen molar-refractivity contribution in [3.05, 3.63) is 46.3 Å². The number of amides is 2. The lowest BCUT2D eigenvalue weighted by Gasteiger charge is -2.16. The van der Waals surface area contributed by atoms with Crippen LogP contribution in [0, 0.1) is 0 Å². The van der Waals surface area contributed by atoms with Gasteiger partial charge < -0.3 is 14.6 Å². The van der Waals surface area contributed by atoms with Crippen LogP contribution in [0.5, 0.6) is 11.5 Å². The molecule has 1 aromatic heterocycles. The van der Waals surface area contributed by atoms with Crippen molar-refractivity contribution in [2.45, 2.75) is 0 Å². The van der Waals surface area contributed by atoms with E-state index in [1.807, 2.05) is 0 Å². The Labute approximate surface area is 136 Å². The van der Waals surface area contributed by atoms with Gasteiger partial charge in [-0.15, -0.1) is 11.3 Å². The molecular formula is C16H13NO5S. The lowest BCUT2D eigenvalue weighted by Crippen LogP contribution is -2.31. The van der Waals surface area contributed by atoms with Crippen LogP contribution in [0.15, 0.2) is 41.5 Å². The molecule has 2 amide bonds. The average Bonchev–Trinajstić information content (AvgIpc) is 3.15. The maximum Gasteiger partial charge on any atom is 0.301 e. The molecule has 2 aromatic rings. The summed E-state index contributed by atoms with van der Waals surface area (Å²) in [5, 5.41) is 11.9. The van der Waals surface area contributed by atoms with E-state index >= 15 is 0 Å². The number of hydrogen-bond acceptors (Lipinski definition) is 6. The maximum atomic E-state index is 12.6. The van der Waals surface area contributed by atoms with Gasteiger partial charge in [0.15, 0.2) is 5.76 Å². The van der Waals surface area contributed by atoms with E-state index in [2.05, 4.69) is 0 Å². The van der Waals surface area contributed by atoms with Gasteiger partial charge in [-0.2, -0.15) is 0 Å². The third-order valence-corrected chi connectivity index (χ3v) is 4.31. The van der Waals surface area contributed by atoms with Crippen LogP contribution in [-0.2, 0) is 9.59 Å². The molecule has 0 saturated carbocycles. The van der Waals surface area contributed by atoms with Gasteiger partial charge in [0.25, 0.3) is 5.91 Å². The first-order valence-corrected chi connectivity index (χ1v) is 7.53. The van der Waals surface area contributed by atoms with Gasteiger partial charge in [0.1, 0.15) is 17.1 Å². The molecule has 118 valence electrons. The minimum atomic E-state index is -0.770. The topological polar surface area (TPSA) is 76.1 Å². The molecule has 0 spiro atoms. The molecule has 0 unspecified atom stereocenters. The van der Waals surface area contributed by atoms with Gasteiger partial charge in [-0.25, -0.2) is 4.90 Å². The van der Waals surface area contributed by atoms with Crippen LogP contribution in [0.1, 0.15) is 4.88 Å². The number of aliphatic hydroxyl groups excluding tert-OH is 1. The molecule has 1 aliphatic rings. The molecule has 23 heavy (non-hydrogen) atoms. The number of carbonyl (C=O) groups is 2. The summed E-state index contributed by atoms with van der Waals surface area (Å²) in [6, 6.07) is 8.11. The second kappa shape index (κ2) is 5.77. The SMILES string of the molecule is COc1cc(OC)cc(N2C(=O)C(O)=C(c3cccs3)C2=O)c1. The van der Waals surface area contributed by atoms with Crippen LogP contribution in [0.4, 0.5) is 5.69 Å². The van der Waals surface area contributed by atoms with E-state index in [9.17, 15) is 14.7 Å². The summed E-state index contributed by atoms with van der Waals surface area (Å²) in [7, 11) is 2.94. The monoisotopic (exact) mass is 331 g/mol. The Hall–Kier alpha value is -2.80. The molecule has 0 aliphatic carbocycles. The predicted octanol–water partition coefficient (Wildman–Crippen LogP) is 2.61. The minimum absolute atomic E-state index is 0.00628. The molecule has 1 aliphatic heterocycles. The standard InChI is InChI=1S/C16H13NO5S/c1-21-10-6-9(7-11(8-10)22-2)17-15(19)13(14(18)16(17)20)12-4-3-5-23-12/h3-8,18H,1-2H3. The van der Waals surface area contributed by atoms with Crippen molar-refractivity contribution in [3.63, 3.8) is 0 Å². The number of thiophene rings is 1. The number of hydrogen-bond donors (Lipinski definition) is 1. The Balaban J connectivity index is 2.06. The Kier molecular flexibility index (Phi) is 3.79. The van der Waals surface area contributed by atoms with Crippen molar-refractivity contribution in [1.29, 1.82) is 0 Å². The highest BCUT2D eigenvalue weighted by atomic mass is 32.1. The predicted molar refractivity (Wildman–Crippen MR) is 85.9 cm³/mol. The van der Waals surface area contributed by atoms with Crippen LogP contribution < -0.4 is 14.4 Å². The first-order chi connectivity index (χ1) is 11.1. The Morgan fingerprint density at radius 1 is 1.04 bits per heavy atom. The summed E-state index contributed by atoms with van der Waals surface area (Å²) in [5.74, 6) is -1.04. The Morgan fingerprint density at radius 3 is 2.22 bits per heavy atom. The van der Waals surface area contributed by atoms with Gasteiger partial charge in [0.2, 0.25) is 0 Å². The summed E-state index contributed by atoms with van der Waals surface area (Å²) in [6.07, 6.45) is 0. The number of aliphatic hydroxyl groups is 1. The molecule has 3 rings (SSSR count). The number of carbonyl (C=O) groups excluding carboxylic acids is 2. The van der Waals surface area contributed by atoms with Crippen LogP contribution in [0.2, 0.25) is 0 Å². The second-order valence-corrected chi connectivity index (χ2v) is 5.67. The summed E-state index contributed by atoms with van der Waals surface area (Å²) in [4.78, 5) is 26.4. The zero-order chi connectivity index (χ0) is 16.6. The van der Waals surface area contributed by atoms with Gasteiger partial charge in [0.05, 0.1) is 19.9 Å². The van der Waals surface area contributed by atoms with Gasteiger partial charge in [-0.1, -0.05) is 6.07 Å². The van der Waals surface area contributed by atoms with E-state index in [0.717, 1.165) is 4.90 Å². The number of ether oxygens (including phenoxy) is 2. The Bertz CT molecular complexity index is 788. The van der Waals surface area contributed by atoms with Crippen molar-refractivity contribution in [1.82, 2.24) is 0 Å². The normalized spacial score (nSPS) is 14.6. The van der Waals surface area contributed by atoms with Gasteiger partial charge in [0, 0.05) is 23.1 Å². The van der Waals surface area contributed by atoms with Crippen molar-refractivity contribution < 1.29 is 24.2 Å². The number of benzene rings is 1. The number of methoxy groups -OCH3 is 2. The van der Waals surface area contributed by atoms with E-state index in [0.29, 0.717) is 16.4 Å². The van der Waals surface area contributed by atoms with Crippen LogP contribution in [-0.4, -0.2) is 31.1 Å². The molecule has 1 aromatic carbocycles. The smallest absolute Gasteiger partial charge is 0.301 e. The number of rotatable bonds is 4. The van der Waals surface area contributed by atoms with E-state index in [4.69, 9.17) is 9.47 Å². The van der Waals surface area contributed by atoms with E-state index in [1.54, 1.807) is 23.6 Å². The average molecular weight is 331 g/mol. The number of anilines is 1. The molecule has 0 radical (unpaired) electrons. The third kappa shape index (κ3) is 2.44. The number of nitrogens with zero attached hydrogens (tertiary/aromatic N) is 1. The second-order valence-electron chi connectivity index (χ2n) is 4.72. The van der Waals surface area contributed by atoms with Crippen LogP contribution in [0.25, 0.3) is 5.57 Å². The lowest BCUT2D eigenvalue weighted by molar-refractivity contribution is -0.121.